The molecular formula is C19H23ClN6O2. The van der Waals surface area contributed by atoms with Gasteiger partial charge in [0.05, 0.1) is 23.8 Å². The highest BCUT2D eigenvalue weighted by molar-refractivity contribution is 6.32. The fraction of sp³-hybridized carbons (Fsp3) is 0.368. The van der Waals surface area contributed by atoms with E-state index in [1.807, 2.05) is 13.8 Å². The van der Waals surface area contributed by atoms with E-state index in [1.165, 1.54) is 0 Å². The number of benzene rings is 1. The van der Waals surface area contributed by atoms with Crippen molar-refractivity contribution in [3.8, 4) is 17.6 Å². The standard InChI is InChI=1S/C19H23ClN6O2/c1-5-7-28-16-14(20)9-12(10-15(16)27-6-2)8-13(11-21)17-23-18(22)25-19(24-17)26(3)4/h8-10H,5-7H2,1-4H3,(H2,22,23,24,25)/b13-8+. The van der Waals surface area contributed by atoms with Crippen molar-refractivity contribution >= 4 is 35.1 Å². The van der Waals surface area contributed by atoms with Gasteiger partial charge in [-0.2, -0.15) is 20.2 Å². The molecule has 1 aromatic carbocycles. The maximum absolute atomic E-state index is 9.61. The Balaban J connectivity index is 2.51. The number of aromatic nitrogens is 3. The average Bonchev–Trinajstić information content (AvgIpc) is 2.65. The number of rotatable bonds is 8. The predicted molar refractivity (Wildman–Crippen MR) is 110 cm³/mol. The van der Waals surface area contributed by atoms with Crippen LogP contribution in [0.25, 0.3) is 11.6 Å². The van der Waals surface area contributed by atoms with Crippen LogP contribution in [0.3, 0.4) is 0 Å². The first-order valence-electron chi connectivity index (χ1n) is 8.79. The molecule has 8 nitrogen and oxygen atoms in total. The van der Waals surface area contributed by atoms with E-state index in [4.69, 9.17) is 26.8 Å². The lowest BCUT2D eigenvalue weighted by molar-refractivity contribution is 0.277. The van der Waals surface area contributed by atoms with Gasteiger partial charge >= 0.3 is 0 Å². The molecule has 1 heterocycles. The molecule has 28 heavy (non-hydrogen) atoms. The number of anilines is 2. The smallest absolute Gasteiger partial charge is 0.230 e. The molecule has 0 unspecified atom stereocenters. The zero-order valence-electron chi connectivity index (χ0n) is 16.4. The Morgan fingerprint density at radius 1 is 1.25 bits per heavy atom. The van der Waals surface area contributed by atoms with Gasteiger partial charge < -0.3 is 20.1 Å². The minimum Gasteiger partial charge on any atom is -0.490 e. The Bertz CT molecular complexity index is 908. The van der Waals surface area contributed by atoms with Crippen LogP contribution >= 0.6 is 11.6 Å². The van der Waals surface area contributed by atoms with Crippen molar-refractivity contribution < 1.29 is 9.47 Å². The number of allylic oxidation sites excluding steroid dienone is 1. The Hall–Kier alpha value is -3.05. The third-order valence-corrected chi connectivity index (χ3v) is 3.78. The first-order chi connectivity index (χ1) is 13.4. The lowest BCUT2D eigenvalue weighted by Gasteiger charge is -2.14. The molecular weight excluding hydrogens is 380 g/mol. The number of hydrogen-bond acceptors (Lipinski definition) is 8. The van der Waals surface area contributed by atoms with E-state index in [0.29, 0.717) is 41.2 Å². The van der Waals surface area contributed by atoms with Gasteiger partial charge in [0, 0.05) is 14.1 Å². The van der Waals surface area contributed by atoms with Crippen LogP contribution < -0.4 is 20.1 Å². The zero-order chi connectivity index (χ0) is 20.7. The van der Waals surface area contributed by atoms with Gasteiger partial charge in [0.25, 0.3) is 0 Å². The molecule has 1 aromatic heterocycles. The fourth-order valence-electron chi connectivity index (χ4n) is 2.29. The molecule has 0 saturated carbocycles. The topological polar surface area (TPSA) is 110 Å². The minimum atomic E-state index is 0.0335. The van der Waals surface area contributed by atoms with Crippen LogP contribution in [0.4, 0.5) is 11.9 Å². The summed E-state index contributed by atoms with van der Waals surface area (Å²) < 4.78 is 11.4. The monoisotopic (exact) mass is 402 g/mol. The van der Waals surface area contributed by atoms with Crippen LogP contribution in [0.1, 0.15) is 31.7 Å². The third-order valence-electron chi connectivity index (χ3n) is 3.50. The molecule has 0 atom stereocenters. The molecule has 2 aromatic rings. The Labute approximate surface area is 169 Å². The zero-order valence-corrected chi connectivity index (χ0v) is 17.1. The van der Waals surface area contributed by atoms with E-state index in [1.54, 1.807) is 37.2 Å². The number of ether oxygens (including phenoxy) is 2. The van der Waals surface area contributed by atoms with E-state index in [9.17, 15) is 5.26 Å². The Kier molecular flexibility index (Phi) is 7.41. The van der Waals surface area contributed by atoms with Crippen LogP contribution in [-0.4, -0.2) is 42.3 Å². The predicted octanol–water partition coefficient (Wildman–Crippen LogP) is 3.42. The molecule has 0 saturated heterocycles. The first kappa shape index (κ1) is 21.3. The summed E-state index contributed by atoms with van der Waals surface area (Å²) in [4.78, 5) is 14.1. The van der Waals surface area contributed by atoms with Crippen molar-refractivity contribution in [2.45, 2.75) is 20.3 Å². The highest BCUT2D eigenvalue weighted by Crippen LogP contribution is 2.37. The van der Waals surface area contributed by atoms with Crippen molar-refractivity contribution in [1.29, 1.82) is 5.26 Å². The number of nitriles is 1. The number of nitrogens with zero attached hydrogens (tertiary/aromatic N) is 5. The van der Waals surface area contributed by atoms with Crippen LogP contribution in [0.5, 0.6) is 11.5 Å². The van der Waals surface area contributed by atoms with Gasteiger partial charge in [0.1, 0.15) is 6.07 Å². The second kappa shape index (κ2) is 9.76. The molecule has 9 heteroatoms. The molecule has 0 amide bonds. The maximum atomic E-state index is 9.61. The molecule has 0 radical (unpaired) electrons. The third kappa shape index (κ3) is 5.24. The minimum absolute atomic E-state index is 0.0335. The molecule has 0 bridgehead atoms. The quantitative estimate of drug-likeness (QED) is 0.668. The number of hydrogen-bond donors (Lipinski definition) is 1. The molecule has 0 spiro atoms. The fourth-order valence-corrected chi connectivity index (χ4v) is 2.57. The van der Waals surface area contributed by atoms with E-state index in [-0.39, 0.29) is 17.3 Å². The van der Waals surface area contributed by atoms with Crippen LogP contribution in [0.15, 0.2) is 12.1 Å². The second-order valence-electron chi connectivity index (χ2n) is 5.99. The SMILES string of the molecule is CCCOc1c(Cl)cc(/C=C(\C#N)c2nc(N)nc(N(C)C)n2)cc1OCC. The largest absolute Gasteiger partial charge is 0.490 e. The number of nitrogens with two attached hydrogens (primary N) is 1. The van der Waals surface area contributed by atoms with Crippen LogP contribution in [-0.2, 0) is 0 Å². The van der Waals surface area contributed by atoms with E-state index < -0.39 is 0 Å². The van der Waals surface area contributed by atoms with Crippen molar-refractivity contribution in [1.82, 2.24) is 15.0 Å². The lowest BCUT2D eigenvalue weighted by Crippen LogP contribution is -2.15. The van der Waals surface area contributed by atoms with Gasteiger partial charge in [-0.15, -0.1) is 0 Å². The number of nitrogen functional groups attached to an aromatic ring is 1. The summed E-state index contributed by atoms with van der Waals surface area (Å²) in [6, 6.07) is 5.56. The summed E-state index contributed by atoms with van der Waals surface area (Å²) in [5, 5.41) is 10.0. The van der Waals surface area contributed by atoms with Gasteiger partial charge in [0.2, 0.25) is 11.9 Å². The highest BCUT2D eigenvalue weighted by Gasteiger charge is 2.14. The molecule has 0 aliphatic heterocycles. The normalized spacial score (nSPS) is 11.1. The van der Waals surface area contributed by atoms with Crippen LogP contribution in [0.2, 0.25) is 5.02 Å². The average molecular weight is 403 g/mol. The lowest BCUT2D eigenvalue weighted by atomic mass is 10.1. The maximum Gasteiger partial charge on any atom is 0.230 e. The second-order valence-corrected chi connectivity index (χ2v) is 6.40. The summed E-state index contributed by atoms with van der Waals surface area (Å²) in [6.45, 7) is 4.85. The van der Waals surface area contributed by atoms with E-state index >= 15 is 0 Å². The molecule has 148 valence electrons. The van der Waals surface area contributed by atoms with E-state index in [2.05, 4.69) is 21.0 Å². The van der Waals surface area contributed by atoms with E-state index in [0.717, 1.165) is 6.42 Å². The summed E-state index contributed by atoms with van der Waals surface area (Å²) in [5.74, 6) is 1.57. The Morgan fingerprint density at radius 3 is 2.61 bits per heavy atom. The summed E-state index contributed by atoms with van der Waals surface area (Å²) >= 11 is 6.39. The highest BCUT2D eigenvalue weighted by atomic mass is 35.5. The van der Waals surface area contributed by atoms with Crippen molar-refractivity contribution in [2.75, 3.05) is 37.9 Å². The molecule has 0 aliphatic carbocycles. The van der Waals surface area contributed by atoms with Gasteiger partial charge in [-0.25, -0.2) is 0 Å². The molecule has 2 N–H and O–H groups in total. The Morgan fingerprint density at radius 2 is 2.00 bits per heavy atom. The summed E-state index contributed by atoms with van der Waals surface area (Å²) in [5.41, 5.74) is 6.63. The summed E-state index contributed by atoms with van der Waals surface area (Å²) in [6.07, 6.45) is 2.46. The van der Waals surface area contributed by atoms with Crippen molar-refractivity contribution in [3.63, 3.8) is 0 Å². The van der Waals surface area contributed by atoms with Crippen LogP contribution in [0, 0.1) is 11.3 Å². The summed E-state index contributed by atoms with van der Waals surface area (Å²) in [7, 11) is 3.55. The van der Waals surface area contributed by atoms with Crippen molar-refractivity contribution in [3.05, 3.63) is 28.5 Å². The van der Waals surface area contributed by atoms with Gasteiger partial charge in [-0.1, -0.05) is 18.5 Å². The van der Waals surface area contributed by atoms with Gasteiger partial charge in [-0.3, -0.25) is 0 Å². The van der Waals surface area contributed by atoms with Gasteiger partial charge in [0.15, 0.2) is 17.3 Å². The van der Waals surface area contributed by atoms with Crippen molar-refractivity contribution in [2.24, 2.45) is 0 Å². The first-order valence-corrected chi connectivity index (χ1v) is 9.17. The number of halogens is 1. The molecule has 0 fully saturated rings. The molecule has 2 rings (SSSR count). The van der Waals surface area contributed by atoms with Gasteiger partial charge in [-0.05, 0) is 37.1 Å². The molecule has 0 aliphatic rings.